The van der Waals surface area contributed by atoms with Crippen molar-refractivity contribution in [1.82, 2.24) is 0 Å². The molecule has 1 amide bonds. The summed E-state index contributed by atoms with van der Waals surface area (Å²) in [5.41, 5.74) is -3.49. The zero-order valence-electron chi connectivity index (χ0n) is 25.6. The number of alkyl halides is 3. The first-order valence-electron chi connectivity index (χ1n) is 14.8. The van der Waals surface area contributed by atoms with E-state index in [0.29, 0.717) is 6.07 Å². The smallest absolute Gasteiger partial charge is 0.419 e. The second-order valence-corrected chi connectivity index (χ2v) is 14.4. The fourth-order valence-corrected chi connectivity index (χ4v) is 8.57. The number of sulfone groups is 1. The van der Waals surface area contributed by atoms with Gasteiger partial charge in [-0.1, -0.05) is 56.3 Å². The monoisotopic (exact) mass is 684 g/mol. The van der Waals surface area contributed by atoms with Gasteiger partial charge in [0.25, 0.3) is 5.91 Å². The topological polar surface area (TPSA) is 95.9 Å². The van der Waals surface area contributed by atoms with Crippen molar-refractivity contribution < 1.29 is 45.0 Å². The Morgan fingerprint density at radius 2 is 1.71 bits per heavy atom. The Kier molecular flexibility index (Phi) is 8.22. The number of nitrogens with one attached hydrogen (secondary N) is 1. The molecule has 2 aliphatic heterocycles. The summed E-state index contributed by atoms with van der Waals surface area (Å²) in [6.07, 6.45) is -5.09. The van der Waals surface area contributed by atoms with Crippen molar-refractivity contribution in [2.45, 2.75) is 39.1 Å². The van der Waals surface area contributed by atoms with Crippen LogP contribution in [0.5, 0.6) is 11.5 Å². The maximum atomic E-state index is 16.3. The van der Waals surface area contributed by atoms with E-state index >= 15 is 8.78 Å². The van der Waals surface area contributed by atoms with Gasteiger partial charge in [0.1, 0.15) is 41.5 Å². The predicted octanol–water partition coefficient (Wildman–Crippen LogP) is 8.14. The summed E-state index contributed by atoms with van der Waals surface area (Å²) in [7, 11) is -4.34. The van der Waals surface area contributed by atoms with Gasteiger partial charge in [-0.15, -0.1) is 0 Å². The number of hydrogen-bond donors (Lipinski definition) is 2. The molecule has 2 aliphatic rings. The third-order valence-electron chi connectivity index (χ3n) is 8.20. The van der Waals surface area contributed by atoms with Crippen LogP contribution in [0.15, 0.2) is 95.5 Å². The van der Waals surface area contributed by atoms with Gasteiger partial charge in [0.05, 0.1) is 27.5 Å². The molecule has 0 aromatic heterocycles. The number of aromatic hydroxyl groups is 1. The fourth-order valence-electron chi connectivity index (χ4n) is 6.21. The maximum Gasteiger partial charge on any atom is 0.419 e. The molecule has 0 aliphatic carbocycles. The first-order chi connectivity index (χ1) is 22.6. The Labute approximate surface area is 273 Å². The largest absolute Gasteiger partial charge is 0.506 e. The summed E-state index contributed by atoms with van der Waals surface area (Å²) in [5, 5.41) is 13.9. The molecule has 7 nitrogen and oxygen atoms in total. The van der Waals surface area contributed by atoms with E-state index in [-0.39, 0.29) is 41.4 Å². The normalized spacial score (nSPS) is 18.3. The molecule has 13 heteroatoms. The highest BCUT2D eigenvalue weighted by Gasteiger charge is 2.48. The number of rotatable bonds is 5. The van der Waals surface area contributed by atoms with Crippen LogP contribution in [-0.2, 0) is 22.6 Å². The molecule has 4 aromatic rings. The SMILES string of the molecule is CC1(C)CC2=C(C(c3ccc(OCc4ccccc4)cc3F)N(C(=O)c3cccc(C(F)(F)F)c3F)c3cccc(O)c3N2)S(=O)(=O)C1. The van der Waals surface area contributed by atoms with Crippen molar-refractivity contribution in [2.75, 3.05) is 16.0 Å². The Morgan fingerprint density at radius 1 is 1.00 bits per heavy atom. The van der Waals surface area contributed by atoms with Crippen LogP contribution in [0.2, 0.25) is 0 Å². The second-order valence-electron chi connectivity index (χ2n) is 12.4. The molecule has 0 saturated heterocycles. The third kappa shape index (κ3) is 6.10. The van der Waals surface area contributed by atoms with Crippen LogP contribution < -0.4 is 15.0 Å². The molecule has 48 heavy (non-hydrogen) atoms. The van der Waals surface area contributed by atoms with Crippen LogP contribution in [0.3, 0.4) is 0 Å². The number of phenolic OH excluding ortho intramolecular Hbond substituents is 1. The summed E-state index contributed by atoms with van der Waals surface area (Å²) < 4.78 is 107. The number of fused-ring (bicyclic) bond motifs is 1. The number of para-hydroxylation sites is 1. The van der Waals surface area contributed by atoms with Crippen LogP contribution in [0, 0.1) is 17.0 Å². The molecule has 0 bridgehead atoms. The lowest BCUT2D eigenvalue weighted by atomic mass is 9.88. The molecule has 2 heterocycles. The number of hydrogen-bond acceptors (Lipinski definition) is 6. The molecule has 2 N–H and O–H groups in total. The summed E-state index contributed by atoms with van der Waals surface area (Å²) in [4.78, 5) is 14.7. The van der Waals surface area contributed by atoms with Gasteiger partial charge in [0, 0.05) is 17.3 Å². The Bertz CT molecular complexity index is 2060. The fraction of sp³-hybridized carbons (Fsp3) is 0.229. The maximum absolute atomic E-state index is 16.3. The van der Waals surface area contributed by atoms with E-state index in [1.54, 1.807) is 38.1 Å². The summed E-state index contributed by atoms with van der Waals surface area (Å²) in [6, 6.07) is 16.8. The van der Waals surface area contributed by atoms with Crippen molar-refractivity contribution in [3.63, 3.8) is 0 Å². The highest BCUT2D eigenvalue weighted by Crippen LogP contribution is 2.52. The minimum atomic E-state index is -5.16. The molecule has 250 valence electrons. The van der Waals surface area contributed by atoms with Gasteiger partial charge in [0.2, 0.25) is 0 Å². The standard InChI is InChI=1S/C35H29F5N2O5S/c1-34(2)17-26-32(48(45,46)19-34)31(22-15-14-21(16-25(22)36)47-18-20-8-4-3-5-9-20)42(27-12-7-13-28(43)30(27)41-26)33(44)23-10-6-11-24(29(23)37)35(38,39)40/h3-16,31,41,43H,17-19H2,1-2H3. The van der Waals surface area contributed by atoms with Crippen molar-refractivity contribution in [2.24, 2.45) is 5.41 Å². The van der Waals surface area contributed by atoms with Crippen molar-refractivity contribution in [3.05, 3.63) is 129 Å². The van der Waals surface area contributed by atoms with Crippen LogP contribution >= 0.6 is 0 Å². The van der Waals surface area contributed by atoms with E-state index in [1.165, 1.54) is 30.3 Å². The lowest BCUT2D eigenvalue weighted by molar-refractivity contribution is -0.140. The molecular weight excluding hydrogens is 655 g/mol. The molecule has 0 spiro atoms. The number of carbonyl (C=O) groups excluding carboxylic acids is 1. The molecule has 0 fully saturated rings. The van der Waals surface area contributed by atoms with Crippen LogP contribution in [-0.4, -0.2) is 25.2 Å². The molecule has 6 rings (SSSR count). The second kappa shape index (κ2) is 12.0. The number of allylic oxidation sites excluding steroid dienone is 1. The number of halogens is 5. The highest BCUT2D eigenvalue weighted by atomic mass is 32.2. The number of nitrogens with zero attached hydrogens (tertiary/aromatic N) is 1. The van der Waals surface area contributed by atoms with E-state index in [9.17, 15) is 31.5 Å². The van der Waals surface area contributed by atoms with E-state index in [2.05, 4.69) is 5.32 Å². The number of ether oxygens (including phenoxy) is 1. The van der Waals surface area contributed by atoms with Gasteiger partial charge in [-0.05, 0) is 53.8 Å². The molecule has 0 radical (unpaired) electrons. The van der Waals surface area contributed by atoms with Gasteiger partial charge >= 0.3 is 6.18 Å². The Hall–Kier alpha value is -4.91. The number of benzene rings is 4. The highest BCUT2D eigenvalue weighted by molar-refractivity contribution is 7.95. The minimum absolute atomic E-state index is 0.0441. The van der Waals surface area contributed by atoms with Gasteiger partial charge in [-0.25, -0.2) is 17.2 Å². The van der Waals surface area contributed by atoms with E-state index in [0.717, 1.165) is 28.7 Å². The van der Waals surface area contributed by atoms with Crippen molar-refractivity contribution in [3.8, 4) is 11.5 Å². The molecule has 4 aromatic carbocycles. The van der Waals surface area contributed by atoms with Crippen LogP contribution in [0.4, 0.5) is 33.3 Å². The van der Waals surface area contributed by atoms with Crippen LogP contribution in [0.1, 0.15) is 53.4 Å². The summed E-state index contributed by atoms with van der Waals surface area (Å²) >= 11 is 0. The Morgan fingerprint density at radius 3 is 2.40 bits per heavy atom. The lowest BCUT2D eigenvalue weighted by Gasteiger charge is -2.37. The van der Waals surface area contributed by atoms with Gasteiger partial charge in [-0.2, -0.15) is 13.2 Å². The van der Waals surface area contributed by atoms with Gasteiger partial charge in [0.15, 0.2) is 9.84 Å². The van der Waals surface area contributed by atoms with Crippen LogP contribution in [0.25, 0.3) is 0 Å². The zero-order chi connectivity index (χ0) is 34.6. The molecule has 1 atom stereocenters. The number of amides is 1. The van der Waals surface area contributed by atoms with Crippen molar-refractivity contribution >= 4 is 27.1 Å². The van der Waals surface area contributed by atoms with Crippen molar-refractivity contribution in [1.29, 1.82) is 0 Å². The first kappa shape index (κ1) is 33.0. The molecule has 0 saturated carbocycles. The molecular formula is C35H29F5N2O5S. The van der Waals surface area contributed by atoms with Gasteiger partial charge < -0.3 is 15.2 Å². The quantitative estimate of drug-likeness (QED) is 0.163. The third-order valence-corrected chi connectivity index (χ3v) is 10.5. The lowest BCUT2D eigenvalue weighted by Crippen LogP contribution is -2.41. The number of phenols is 1. The number of carbonyl (C=O) groups is 1. The summed E-state index contributed by atoms with van der Waals surface area (Å²) in [5.74, 6) is -5.06. The minimum Gasteiger partial charge on any atom is -0.506 e. The summed E-state index contributed by atoms with van der Waals surface area (Å²) in [6.45, 7) is 3.47. The molecule has 1 unspecified atom stereocenters. The average Bonchev–Trinajstić information content (AvgIpc) is 3.14. The van der Waals surface area contributed by atoms with E-state index in [4.69, 9.17) is 4.74 Å². The zero-order valence-corrected chi connectivity index (χ0v) is 26.4. The number of anilines is 2. The Balaban J connectivity index is 1.59. The first-order valence-corrected chi connectivity index (χ1v) is 16.4. The average molecular weight is 685 g/mol. The predicted molar refractivity (Wildman–Crippen MR) is 169 cm³/mol. The van der Waals surface area contributed by atoms with E-state index in [1.807, 2.05) is 6.07 Å². The van der Waals surface area contributed by atoms with Gasteiger partial charge in [-0.3, -0.25) is 9.69 Å². The van der Waals surface area contributed by atoms with E-state index < -0.39 is 72.5 Å².